The van der Waals surface area contributed by atoms with Gasteiger partial charge in [0.1, 0.15) is 6.07 Å². The Balaban J connectivity index is 1.90. The molecule has 2 aromatic rings. The third-order valence-electron chi connectivity index (χ3n) is 2.32. The van der Waals surface area contributed by atoms with Crippen molar-refractivity contribution >= 4 is 51.4 Å². The Bertz CT molecular complexity index is 697. The average molecular weight is 340 g/mol. The summed E-state index contributed by atoms with van der Waals surface area (Å²) < 4.78 is 0.715. The van der Waals surface area contributed by atoms with E-state index in [0.717, 1.165) is 0 Å². The Labute approximate surface area is 134 Å². The fraction of sp³-hybridized carbons (Fsp3) is 0.167. The molecule has 1 aromatic heterocycles. The molecule has 1 amide bonds. The molecular formula is C12H10ClN5OS2. The van der Waals surface area contributed by atoms with Crippen molar-refractivity contribution in [2.45, 2.75) is 4.34 Å². The van der Waals surface area contributed by atoms with Crippen LogP contribution >= 0.6 is 34.7 Å². The SMILES string of the molecule is CNc1nnc(SCC(=O)Nc2ccc(C#N)c(Cl)c2)s1. The van der Waals surface area contributed by atoms with Gasteiger partial charge >= 0.3 is 0 Å². The fourth-order valence-electron chi connectivity index (χ4n) is 1.38. The predicted octanol–water partition coefficient (Wildman–Crippen LogP) is 2.84. The van der Waals surface area contributed by atoms with Crippen molar-refractivity contribution in [3.63, 3.8) is 0 Å². The summed E-state index contributed by atoms with van der Waals surface area (Å²) in [6.45, 7) is 0. The Morgan fingerprint density at radius 1 is 1.52 bits per heavy atom. The first-order valence-corrected chi connectivity index (χ1v) is 7.94. The smallest absolute Gasteiger partial charge is 0.234 e. The minimum absolute atomic E-state index is 0.179. The van der Waals surface area contributed by atoms with Crippen LogP contribution in [0.5, 0.6) is 0 Å². The molecule has 0 aliphatic carbocycles. The Kier molecular flexibility index (Phi) is 5.38. The Morgan fingerprint density at radius 3 is 2.95 bits per heavy atom. The summed E-state index contributed by atoms with van der Waals surface area (Å²) >= 11 is 8.59. The highest BCUT2D eigenvalue weighted by atomic mass is 35.5. The number of thioether (sulfide) groups is 1. The number of aromatic nitrogens is 2. The number of nitrogens with one attached hydrogen (secondary N) is 2. The van der Waals surface area contributed by atoms with Crippen LogP contribution in [0.3, 0.4) is 0 Å². The minimum atomic E-state index is -0.179. The predicted molar refractivity (Wildman–Crippen MR) is 85.0 cm³/mol. The molecule has 0 unspecified atom stereocenters. The van der Waals surface area contributed by atoms with Crippen molar-refractivity contribution < 1.29 is 4.79 Å². The number of carbonyl (C=O) groups excluding carboxylic acids is 1. The summed E-state index contributed by atoms with van der Waals surface area (Å²) in [7, 11) is 1.76. The number of nitriles is 1. The van der Waals surface area contributed by atoms with Crippen LogP contribution in [0, 0.1) is 11.3 Å². The molecule has 0 saturated heterocycles. The maximum atomic E-state index is 11.8. The van der Waals surface area contributed by atoms with E-state index < -0.39 is 0 Å². The normalized spacial score (nSPS) is 9.95. The Morgan fingerprint density at radius 2 is 2.33 bits per heavy atom. The molecule has 1 aromatic carbocycles. The average Bonchev–Trinajstić information content (AvgIpc) is 2.93. The van der Waals surface area contributed by atoms with E-state index in [1.54, 1.807) is 25.2 Å². The summed E-state index contributed by atoms with van der Waals surface area (Å²) in [4.78, 5) is 11.8. The van der Waals surface area contributed by atoms with Crippen molar-refractivity contribution in [1.82, 2.24) is 10.2 Å². The van der Waals surface area contributed by atoms with Gasteiger partial charge in [0.2, 0.25) is 11.0 Å². The van der Waals surface area contributed by atoms with E-state index in [2.05, 4.69) is 20.8 Å². The largest absolute Gasteiger partial charge is 0.363 e. The molecule has 0 saturated carbocycles. The highest BCUT2D eigenvalue weighted by Gasteiger charge is 2.09. The van der Waals surface area contributed by atoms with Gasteiger partial charge in [-0.25, -0.2) is 0 Å². The molecule has 6 nitrogen and oxygen atoms in total. The van der Waals surface area contributed by atoms with Crippen LogP contribution < -0.4 is 10.6 Å². The van der Waals surface area contributed by atoms with E-state index in [-0.39, 0.29) is 11.7 Å². The number of anilines is 2. The third-order valence-corrected chi connectivity index (χ3v) is 4.71. The molecule has 2 rings (SSSR count). The van der Waals surface area contributed by atoms with Crippen molar-refractivity contribution in [2.75, 3.05) is 23.4 Å². The molecule has 21 heavy (non-hydrogen) atoms. The third kappa shape index (κ3) is 4.32. The van der Waals surface area contributed by atoms with E-state index >= 15 is 0 Å². The lowest BCUT2D eigenvalue weighted by molar-refractivity contribution is -0.113. The molecule has 0 bridgehead atoms. The van der Waals surface area contributed by atoms with Gasteiger partial charge in [-0.05, 0) is 18.2 Å². The monoisotopic (exact) mass is 339 g/mol. The Hall–Kier alpha value is -1.82. The second-order valence-electron chi connectivity index (χ2n) is 3.77. The van der Waals surface area contributed by atoms with Crippen LogP contribution in [0.1, 0.15) is 5.56 Å². The number of carbonyl (C=O) groups is 1. The summed E-state index contributed by atoms with van der Waals surface area (Å²) in [5, 5.41) is 23.2. The first-order chi connectivity index (χ1) is 10.1. The molecule has 108 valence electrons. The first-order valence-electron chi connectivity index (χ1n) is 5.76. The highest BCUT2D eigenvalue weighted by Crippen LogP contribution is 2.25. The van der Waals surface area contributed by atoms with Gasteiger partial charge in [-0.15, -0.1) is 10.2 Å². The van der Waals surface area contributed by atoms with E-state index in [0.29, 0.717) is 25.7 Å². The zero-order valence-corrected chi connectivity index (χ0v) is 13.3. The van der Waals surface area contributed by atoms with Crippen molar-refractivity contribution in [3.05, 3.63) is 28.8 Å². The second-order valence-corrected chi connectivity index (χ2v) is 6.37. The van der Waals surface area contributed by atoms with Crippen molar-refractivity contribution in [1.29, 1.82) is 5.26 Å². The van der Waals surface area contributed by atoms with Gasteiger partial charge in [0.05, 0.1) is 16.3 Å². The topological polar surface area (TPSA) is 90.7 Å². The lowest BCUT2D eigenvalue weighted by atomic mass is 10.2. The fourth-order valence-corrected chi connectivity index (χ4v) is 3.11. The van der Waals surface area contributed by atoms with Crippen LogP contribution in [0.2, 0.25) is 5.02 Å². The van der Waals surface area contributed by atoms with E-state index in [1.165, 1.54) is 23.1 Å². The molecule has 0 radical (unpaired) electrons. The van der Waals surface area contributed by atoms with Gasteiger partial charge in [0.15, 0.2) is 4.34 Å². The zero-order chi connectivity index (χ0) is 15.2. The quantitative estimate of drug-likeness (QED) is 0.814. The number of hydrogen-bond acceptors (Lipinski definition) is 7. The number of rotatable bonds is 5. The number of hydrogen-bond donors (Lipinski definition) is 2. The summed E-state index contributed by atoms with van der Waals surface area (Å²) in [5.41, 5.74) is 0.926. The van der Waals surface area contributed by atoms with Crippen molar-refractivity contribution in [3.8, 4) is 6.07 Å². The van der Waals surface area contributed by atoms with Gasteiger partial charge in [-0.2, -0.15) is 5.26 Å². The molecule has 0 atom stereocenters. The summed E-state index contributed by atoms with van der Waals surface area (Å²) in [6, 6.07) is 6.71. The zero-order valence-electron chi connectivity index (χ0n) is 10.9. The van der Waals surface area contributed by atoms with Gasteiger partial charge < -0.3 is 10.6 Å². The van der Waals surface area contributed by atoms with Gasteiger partial charge in [-0.3, -0.25) is 4.79 Å². The number of amides is 1. The number of benzene rings is 1. The maximum Gasteiger partial charge on any atom is 0.234 e. The lowest BCUT2D eigenvalue weighted by Gasteiger charge is -2.05. The van der Waals surface area contributed by atoms with Crippen LogP contribution in [0.15, 0.2) is 22.5 Å². The van der Waals surface area contributed by atoms with Gasteiger partial charge in [0.25, 0.3) is 0 Å². The summed E-state index contributed by atoms with van der Waals surface area (Å²) in [6.07, 6.45) is 0. The van der Waals surface area contributed by atoms with Crippen LogP contribution in [-0.4, -0.2) is 28.9 Å². The van der Waals surface area contributed by atoms with Crippen LogP contribution in [0.4, 0.5) is 10.8 Å². The molecule has 9 heteroatoms. The molecular weight excluding hydrogens is 330 g/mol. The second kappa shape index (κ2) is 7.26. The van der Waals surface area contributed by atoms with Crippen LogP contribution in [-0.2, 0) is 4.79 Å². The lowest BCUT2D eigenvalue weighted by Crippen LogP contribution is -2.13. The molecule has 0 spiro atoms. The van der Waals surface area contributed by atoms with Crippen molar-refractivity contribution in [2.24, 2.45) is 0 Å². The molecule has 1 heterocycles. The van der Waals surface area contributed by atoms with Crippen LogP contribution in [0.25, 0.3) is 0 Å². The highest BCUT2D eigenvalue weighted by molar-refractivity contribution is 8.01. The molecule has 2 N–H and O–H groups in total. The van der Waals surface area contributed by atoms with E-state index in [9.17, 15) is 4.79 Å². The van der Waals surface area contributed by atoms with Gasteiger partial charge in [-0.1, -0.05) is 34.7 Å². The number of halogens is 1. The molecule has 0 aliphatic heterocycles. The first kappa shape index (κ1) is 15.6. The van der Waals surface area contributed by atoms with E-state index in [4.69, 9.17) is 16.9 Å². The van der Waals surface area contributed by atoms with Gasteiger partial charge in [0, 0.05) is 12.7 Å². The standard InChI is InChI=1S/C12H10ClN5OS2/c1-15-11-17-18-12(21-11)20-6-10(19)16-8-3-2-7(5-14)9(13)4-8/h2-4H,6H2,1H3,(H,15,17)(H,16,19). The minimum Gasteiger partial charge on any atom is -0.363 e. The summed E-state index contributed by atoms with van der Waals surface area (Å²) in [5.74, 6) is 0.0395. The molecule has 0 aliphatic rings. The number of nitrogens with zero attached hydrogens (tertiary/aromatic N) is 3. The maximum absolute atomic E-state index is 11.8. The van der Waals surface area contributed by atoms with E-state index in [1.807, 2.05) is 6.07 Å². The molecule has 0 fully saturated rings.